The average Bonchev–Trinajstić information content (AvgIpc) is 3.37. The van der Waals surface area contributed by atoms with E-state index >= 15 is 0 Å². The number of nitrogens with one attached hydrogen (secondary N) is 1. The van der Waals surface area contributed by atoms with Gasteiger partial charge in [0.05, 0.1) is 26.0 Å². The largest absolute Gasteiger partial charge is 0.497 e. The maximum atomic E-state index is 12.1. The highest BCUT2D eigenvalue weighted by Crippen LogP contribution is 2.30. The Morgan fingerprint density at radius 2 is 2.00 bits per heavy atom. The van der Waals surface area contributed by atoms with Crippen LogP contribution >= 0.6 is 23.1 Å². The van der Waals surface area contributed by atoms with Crippen molar-refractivity contribution in [3.63, 3.8) is 0 Å². The van der Waals surface area contributed by atoms with Crippen LogP contribution in [-0.2, 0) is 4.79 Å². The fraction of sp³-hybridized carbons (Fsp3) is 0.278. The number of aromatic nitrogens is 2. The molecule has 1 aromatic carbocycles. The van der Waals surface area contributed by atoms with Crippen LogP contribution in [0.15, 0.2) is 45.4 Å². The summed E-state index contributed by atoms with van der Waals surface area (Å²) in [4.78, 5) is 13.2. The Bertz CT molecular complexity index is 874. The second kappa shape index (κ2) is 8.92. The number of carbonyl (C=O) groups is 1. The third kappa shape index (κ3) is 5.01. The lowest BCUT2D eigenvalue weighted by Crippen LogP contribution is -2.27. The van der Waals surface area contributed by atoms with Gasteiger partial charge in [0.2, 0.25) is 11.8 Å². The van der Waals surface area contributed by atoms with Crippen LogP contribution < -0.4 is 14.8 Å². The van der Waals surface area contributed by atoms with E-state index in [0.29, 0.717) is 28.2 Å². The molecule has 0 saturated carbocycles. The van der Waals surface area contributed by atoms with Gasteiger partial charge in [-0.3, -0.25) is 4.79 Å². The molecule has 0 spiro atoms. The molecular weight excluding hydrogens is 386 g/mol. The first-order valence-electron chi connectivity index (χ1n) is 8.11. The van der Waals surface area contributed by atoms with Crippen LogP contribution in [0, 0.1) is 0 Å². The van der Waals surface area contributed by atoms with E-state index in [2.05, 4.69) is 15.5 Å². The molecule has 0 radical (unpaired) electrons. The van der Waals surface area contributed by atoms with Crippen molar-refractivity contribution in [2.75, 3.05) is 20.0 Å². The minimum Gasteiger partial charge on any atom is -0.497 e. The highest BCUT2D eigenvalue weighted by Gasteiger charge is 2.15. The standard InChI is InChI=1S/C18H19N3O4S2/c1-11(15-5-4-6-26-15)19-16(22)10-27-18-21-20-17(25-18)12-7-13(23-2)9-14(8-12)24-3/h4-9,11H,10H2,1-3H3,(H,19,22)/t11-/m1/s1. The Hall–Kier alpha value is -2.52. The number of methoxy groups -OCH3 is 2. The van der Waals surface area contributed by atoms with Gasteiger partial charge >= 0.3 is 0 Å². The van der Waals surface area contributed by atoms with Crippen molar-refractivity contribution < 1.29 is 18.7 Å². The number of carbonyl (C=O) groups excluding carboxylic acids is 1. The number of ether oxygens (including phenoxy) is 2. The molecule has 0 saturated heterocycles. The Kier molecular flexibility index (Phi) is 6.36. The van der Waals surface area contributed by atoms with Gasteiger partial charge in [-0.15, -0.1) is 21.5 Å². The van der Waals surface area contributed by atoms with Crippen LogP contribution in [0.2, 0.25) is 0 Å². The lowest BCUT2D eigenvalue weighted by molar-refractivity contribution is -0.119. The van der Waals surface area contributed by atoms with Crippen LogP contribution in [-0.4, -0.2) is 36.1 Å². The van der Waals surface area contributed by atoms with Gasteiger partial charge in [-0.05, 0) is 30.5 Å². The number of benzene rings is 1. The van der Waals surface area contributed by atoms with Gasteiger partial charge < -0.3 is 19.2 Å². The number of thiophene rings is 1. The van der Waals surface area contributed by atoms with E-state index in [9.17, 15) is 4.79 Å². The third-order valence-electron chi connectivity index (χ3n) is 3.68. The van der Waals surface area contributed by atoms with Crippen molar-refractivity contribution in [2.24, 2.45) is 0 Å². The summed E-state index contributed by atoms with van der Waals surface area (Å²) in [6, 6.07) is 9.25. The molecular formula is C18H19N3O4S2. The summed E-state index contributed by atoms with van der Waals surface area (Å²) in [5.74, 6) is 1.68. The summed E-state index contributed by atoms with van der Waals surface area (Å²) < 4.78 is 16.1. The fourth-order valence-corrected chi connectivity index (χ4v) is 3.64. The number of amides is 1. The molecule has 3 aromatic rings. The summed E-state index contributed by atoms with van der Waals surface area (Å²) in [7, 11) is 3.15. The van der Waals surface area contributed by atoms with Crippen LogP contribution in [0.4, 0.5) is 0 Å². The second-order valence-electron chi connectivity index (χ2n) is 5.57. The molecule has 7 nitrogen and oxygen atoms in total. The molecule has 9 heteroatoms. The molecule has 0 unspecified atom stereocenters. The smallest absolute Gasteiger partial charge is 0.277 e. The third-order valence-corrected chi connectivity index (χ3v) is 5.55. The summed E-state index contributed by atoms with van der Waals surface area (Å²) in [6.07, 6.45) is 0. The van der Waals surface area contributed by atoms with E-state index in [-0.39, 0.29) is 17.7 Å². The molecule has 1 amide bonds. The maximum absolute atomic E-state index is 12.1. The zero-order valence-electron chi connectivity index (χ0n) is 15.1. The van der Waals surface area contributed by atoms with Crippen molar-refractivity contribution in [2.45, 2.75) is 18.2 Å². The summed E-state index contributed by atoms with van der Waals surface area (Å²) in [5.41, 5.74) is 0.682. The van der Waals surface area contributed by atoms with Gasteiger partial charge in [-0.1, -0.05) is 17.8 Å². The Morgan fingerprint density at radius 1 is 1.26 bits per heavy atom. The van der Waals surface area contributed by atoms with Crippen molar-refractivity contribution in [3.05, 3.63) is 40.6 Å². The first kappa shape index (κ1) is 19.2. The summed E-state index contributed by atoms with van der Waals surface area (Å²) in [6.45, 7) is 1.95. The number of thioether (sulfide) groups is 1. The molecule has 0 fully saturated rings. The van der Waals surface area contributed by atoms with Crippen LogP contribution in [0.3, 0.4) is 0 Å². The monoisotopic (exact) mass is 405 g/mol. The zero-order chi connectivity index (χ0) is 19.2. The molecule has 0 aliphatic rings. The van der Waals surface area contributed by atoms with E-state index in [1.165, 1.54) is 11.8 Å². The lowest BCUT2D eigenvalue weighted by Gasteiger charge is -2.11. The van der Waals surface area contributed by atoms with Crippen molar-refractivity contribution in [1.82, 2.24) is 15.5 Å². The van der Waals surface area contributed by atoms with Gasteiger partial charge in [0.1, 0.15) is 11.5 Å². The van der Waals surface area contributed by atoms with Crippen molar-refractivity contribution >= 4 is 29.0 Å². The molecule has 0 bridgehead atoms. The van der Waals surface area contributed by atoms with Gasteiger partial charge in [0.15, 0.2) is 0 Å². The minimum absolute atomic E-state index is 0.0272. The summed E-state index contributed by atoms with van der Waals surface area (Å²) >= 11 is 2.80. The molecule has 2 heterocycles. The first-order chi connectivity index (χ1) is 13.1. The molecule has 27 heavy (non-hydrogen) atoms. The van der Waals surface area contributed by atoms with E-state index in [1.807, 2.05) is 24.4 Å². The van der Waals surface area contributed by atoms with Gasteiger partial charge in [0, 0.05) is 16.5 Å². The highest BCUT2D eigenvalue weighted by atomic mass is 32.2. The Morgan fingerprint density at radius 3 is 2.63 bits per heavy atom. The predicted octanol–water partition coefficient (Wildman–Crippen LogP) is 3.78. The van der Waals surface area contributed by atoms with Gasteiger partial charge in [-0.25, -0.2) is 0 Å². The average molecular weight is 406 g/mol. The lowest BCUT2D eigenvalue weighted by atomic mass is 10.2. The van der Waals surface area contributed by atoms with E-state index in [1.54, 1.807) is 43.8 Å². The number of rotatable bonds is 8. The molecule has 0 aliphatic heterocycles. The van der Waals surface area contributed by atoms with Crippen LogP contribution in [0.1, 0.15) is 17.8 Å². The SMILES string of the molecule is COc1cc(OC)cc(-c2nnc(SCC(=O)N[C@H](C)c3cccs3)o2)c1. The molecule has 0 aliphatic carbocycles. The van der Waals surface area contributed by atoms with E-state index in [4.69, 9.17) is 13.9 Å². The van der Waals surface area contributed by atoms with E-state index < -0.39 is 0 Å². The summed E-state index contributed by atoms with van der Waals surface area (Å²) in [5, 5.41) is 13.3. The molecule has 3 rings (SSSR count). The normalized spacial score (nSPS) is 11.8. The minimum atomic E-state index is -0.0938. The molecule has 142 valence electrons. The number of nitrogens with zero attached hydrogens (tertiary/aromatic N) is 2. The zero-order valence-corrected chi connectivity index (χ0v) is 16.7. The topological polar surface area (TPSA) is 86.5 Å². The number of hydrogen-bond donors (Lipinski definition) is 1. The highest BCUT2D eigenvalue weighted by molar-refractivity contribution is 7.99. The Labute approximate surface area is 165 Å². The molecule has 1 atom stereocenters. The predicted molar refractivity (Wildman–Crippen MR) is 104 cm³/mol. The van der Waals surface area contributed by atoms with Gasteiger partial charge in [-0.2, -0.15) is 0 Å². The van der Waals surface area contributed by atoms with E-state index in [0.717, 1.165) is 4.88 Å². The second-order valence-corrected chi connectivity index (χ2v) is 7.47. The Balaban J connectivity index is 1.60. The molecule has 2 aromatic heterocycles. The van der Waals surface area contributed by atoms with Gasteiger partial charge in [0.25, 0.3) is 5.22 Å². The van der Waals surface area contributed by atoms with Crippen LogP contribution in [0.5, 0.6) is 11.5 Å². The van der Waals surface area contributed by atoms with Crippen molar-refractivity contribution in [1.29, 1.82) is 0 Å². The molecule has 1 N–H and O–H groups in total. The first-order valence-corrected chi connectivity index (χ1v) is 9.98. The van der Waals surface area contributed by atoms with Crippen LogP contribution in [0.25, 0.3) is 11.5 Å². The van der Waals surface area contributed by atoms with Crippen molar-refractivity contribution in [3.8, 4) is 23.0 Å². The number of hydrogen-bond acceptors (Lipinski definition) is 8. The fourth-order valence-electron chi connectivity index (χ4n) is 2.33. The maximum Gasteiger partial charge on any atom is 0.277 e. The quantitative estimate of drug-likeness (QED) is 0.571.